The fourth-order valence-electron chi connectivity index (χ4n) is 3.12. The van der Waals surface area contributed by atoms with E-state index in [1.54, 1.807) is 23.0 Å². The Balaban J connectivity index is 0.00000261. The van der Waals surface area contributed by atoms with Crippen molar-refractivity contribution in [2.45, 2.75) is 45.4 Å². The van der Waals surface area contributed by atoms with Gasteiger partial charge < -0.3 is 10.0 Å². The molecule has 0 saturated heterocycles. The number of phenols is 1. The maximum atomic E-state index is 9.56. The number of unbranched alkanes of at least 4 members (excludes halogenated alkanes) is 5. The quantitative estimate of drug-likeness (QED) is 0.453. The molecule has 2 aromatic carbocycles. The van der Waals surface area contributed by atoms with Crippen LogP contribution >= 0.6 is 17.0 Å². The number of nitrogens with zero attached hydrogens (tertiary/aromatic N) is 4. The number of benzene rings is 2. The Morgan fingerprint density at radius 2 is 1.56 bits per heavy atom. The largest absolute Gasteiger partial charge is 0.508 e. The number of phenolic OH excluding ortho intramolecular Hbond substituents is 1. The van der Waals surface area contributed by atoms with Gasteiger partial charge in [0.25, 0.3) is 0 Å². The fraction of sp³-hybridized carbons (Fsp3) is 0.429. The normalized spacial score (nSPS) is 10.7. The summed E-state index contributed by atoms with van der Waals surface area (Å²) < 4.78 is 0. The van der Waals surface area contributed by atoms with Crippen LogP contribution in [-0.2, 0) is 0 Å². The van der Waals surface area contributed by atoms with Gasteiger partial charge in [-0.05, 0) is 42.8 Å². The standard InChI is InChI=1S/C21H28N4O.BrH/c1-3-4-5-6-7-8-15-24(2)17-9-11-18(12-10-17)25-22-20-14-13-19(26)16-21(20)23-25;/h9-14,16,26H,3-8,15H2,1-2H3;1H. The van der Waals surface area contributed by atoms with Crippen LogP contribution in [0.2, 0.25) is 0 Å². The summed E-state index contributed by atoms with van der Waals surface area (Å²) in [6.45, 7) is 3.33. The minimum atomic E-state index is 0. The first-order chi connectivity index (χ1) is 12.7. The Morgan fingerprint density at radius 3 is 2.30 bits per heavy atom. The third-order valence-corrected chi connectivity index (χ3v) is 4.73. The lowest BCUT2D eigenvalue weighted by atomic mass is 10.1. The summed E-state index contributed by atoms with van der Waals surface area (Å²) in [5.74, 6) is 0.205. The lowest BCUT2D eigenvalue weighted by Gasteiger charge is -2.19. The Hall–Kier alpha value is -2.08. The van der Waals surface area contributed by atoms with Crippen LogP contribution in [-0.4, -0.2) is 33.7 Å². The van der Waals surface area contributed by atoms with Crippen LogP contribution in [0.15, 0.2) is 42.5 Å². The van der Waals surface area contributed by atoms with Gasteiger partial charge in [0.2, 0.25) is 0 Å². The predicted molar refractivity (Wildman–Crippen MR) is 117 cm³/mol. The highest BCUT2D eigenvalue weighted by Gasteiger charge is 2.06. The number of aromatic nitrogens is 3. The van der Waals surface area contributed by atoms with Gasteiger partial charge in [-0.15, -0.1) is 27.2 Å². The average Bonchev–Trinajstić information content (AvgIpc) is 3.07. The van der Waals surface area contributed by atoms with E-state index in [9.17, 15) is 5.11 Å². The second-order valence-corrected chi connectivity index (χ2v) is 6.87. The summed E-state index contributed by atoms with van der Waals surface area (Å²) in [6.07, 6.45) is 7.89. The summed E-state index contributed by atoms with van der Waals surface area (Å²) in [4.78, 5) is 3.91. The monoisotopic (exact) mass is 432 g/mol. The first-order valence-corrected chi connectivity index (χ1v) is 9.55. The highest BCUT2D eigenvalue weighted by molar-refractivity contribution is 8.93. The molecule has 1 N–H and O–H groups in total. The molecule has 0 aliphatic heterocycles. The molecule has 1 heterocycles. The molecule has 0 amide bonds. The van der Waals surface area contributed by atoms with Gasteiger partial charge in [-0.25, -0.2) is 0 Å². The van der Waals surface area contributed by atoms with Gasteiger partial charge in [-0.3, -0.25) is 0 Å². The maximum Gasteiger partial charge on any atom is 0.117 e. The zero-order chi connectivity index (χ0) is 18.4. The second kappa shape index (κ2) is 10.3. The Kier molecular flexibility index (Phi) is 8.10. The molecule has 0 bridgehead atoms. The molecule has 0 saturated carbocycles. The Labute approximate surface area is 171 Å². The summed E-state index contributed by atoms with van der Waals surface area (Å²) >= 11 is 0. The molecule has 3 aromatic rings. The number of hydrogen-bond acceptors (Lipinski definition) is 4. The SMILES string of the molecule is Br.CCCCCCCCN(C)c1ccc(-n2nc3ccc(O)cc3n2)cc1. The molecule has 0 radical (unpaired) electrons. The van der Waals surface area contributed by atoms with E-state index in [0.717, 1.165) is 17.7 Å². The zero-order valence-corrected chi connectivity index (χ0v) is 17.8. The summed E-state index contributed by atoms with van der Waals surface area (Å²) in [7, 11) is 2.14. The first kappa shape index (κ1) is 21.2. The van der Waals surface area contributed by atoms with Crippen LogP contribution in [0.4, 0.5) is 5.69 Å². The molecule has 1 aromatic heterocycles. The molecule has 0 unspecified atom stereocenters. The van der Waals surface area contributed by atoms with Crippen molar-refractivity contribution in [3.8, 4) is 11.4 Å². The van der Waals surface area contributed by atoms with Gasteiger partial charge in [0.15, 0.2) is 0 Å². The highest BCUT2D eigenvalue weighted by atomic mass is 79.9. The molecule has 3 rings (SSSR count). The molecule has 0 atom stereocenters. The van der Waals surface area contributed by atoms with Crippen LogP contribution in [0.25, 0.3) is 16.7 Å². The van der Waals surface area contributed by atoms with Crippen LogP contribution in [0, 0.1) is 0 Å². The van der Waals surface area contributed by atoms with E-state index < -0.39 is 0 Å². The smallest absolute Gasteiger partial charge is 0.117 e. The van der Waals surface area contributed by atoms with E-state index in [2.05, 4.69) is 41.2 Å². The zero-order valence-electron chi connectivity index (χ0n) is 16.1. The van der Waals surface area contributed by atoms with Gasteiger partial charge in [-0.2, -0.15) is 4.80 Å². The van der Waals surface area contributed by atoms with Crippen molar-refractivity contribution >= 4 is 33.7 Å². The maximum absolute atomic E-state index is 9.56. The van der Waals surface area contributed by atoms with E-state index >= 15 is 0 Å². The van der Waals surface area contributed by atoms with E-state index in [4.69, 9.17) is 0 Å². The molecule has 0 aliphatic carbocycles. The molecule has 6 heteroatoms. The summed E-state index contributed by atoms with van der Waals surface area (Å²) in [5, 5.41) is 18.5. The lowest BCUT2D eigenvalue weighted by molar-refractivity contribution is 0.476. The average molecular weight is 433 g/mol. The van der Waals surface area contributed by atoms with Gasteiger partial charge in [0.1, 0.15) is 16.8 Å². The fourth-order valence-corrected chi connectivity index (χ4v) is 3.12. The second-order valence-electron chi connectivity index (χ2n) is 6.87. The number of halogens is 1. The third kappa shape index (κ3) is 5.70. The molecule has 27 heavy (non-hydrogen) atoms. The van der Waals surface area contributed by atoms with Crippen molar-refractivity contribution in [3.05, 3.63) is 42.5 Å². The topological polar surface area (TPSA) is 54.2 Å². The summed E-state index contributed by atoms with van der Waals surface area (Å²) in [6, 6.07) is 13.3. The van der Waals surface area contributed by atoms with Crippen LogP contribution in [0.5, 0.6) is 5.75 Å². The molecular weight excluding hydrogens is 404 g/mol. The highest BCUT2D eigenvalue weighted by Crippen LogP contribution is 2.20. The van der Waals surface area contributed by atoms with E-state index in [1.165, 1.54) is 44.2 Å². The molecule has 0 fully saturated rings. The lowest BCUT2D eigenvalue weighted by Crippen LogP contribution is -2.18. The molecule has 5 nitrogen and oxygen atoms in total. The number of fused-ring (bicyclic) bond motifs is 1. The summed E-state index contributed by atoms with van der Waals surface area (Å²) in [5.41, 5.74) is 3.58. The van der Waals surface area contributed by atoms with Gasteiger partial charge in [-0.1, -0.05) is 39.0 Å². The minimum Gasteiger partial charge on any atom is -0.508 e. The van der Waals surface area contributed by atoms with Gasteiger partial charge in [0.05, 0.1) is 5.69 Å². The van der Waals surface area contributed by atoms with Crippen LogP contribution in [0.3, 0.4) is 0 Å². The Bertz CT molecular complexity index is 832. The molecule has 146 valence electrons. The van der Waals surface area contributed by atoms with Crippen molar-refractivity contribution in [1.82, 2.24) is 15.0 Å². The van der Waals surface area contributed by atoms with E-state index in [-0.39, 0.29) is 22.7 Å². The van der Waals surface area contributed by atoms with Crippen LogP contribution < -0.4 is 4.90 Å². The van der Waals surface area contributed by atoms with Crippen molar-refractivity contribution in [2.75, 3.05) is 18.5 Å². The van der Waals surface area contributed by atoms with Crippen molar-refractivity contribution in [3.63, 3.8) is 0 Å². The number of rotatable bonds is 9. The number of anilines is 1. The third-order valence-electron chi connectivity index (χ3n) is 4.73. The van der Waals surface area contributed by atoms with Gasteiger partial charge >= 0.3 is 0 Å². The number of aromatic hydroxyl groups is 1. The predicted octanol–water partition coefficient (Wildman–Crippen LogP) is 5.50. The first-order valence-electron chi connectivity index (χ1n) is 9.55. The molecular formula is C21H29BrN4O. The van der Waals surface area contributed by atoms with Crippen molar-refractivity contribution in [1.29, 1.82) is 0 Å². The van der Waals surface area contributed by atoms with Crippen molar-refractivity contribution in [2.24, 2.45) is 0 Å². The van der Waals surface area contributed by atoms with Gasteiger partial charge in [0, 0.05) is 25.3 Å². The van der Waals surface area contributed by atoms with Crippen molar-refractivity contribution < 1.29 is 5.11 Å². The van der Waals surface area contributed by atoms with E-state index in [0.29, 0.717) is 5.52 Å². The molecule has 0 spiro atoms. The Morgan fingerprint density at radius 1 is 0.889 bits per heavy atom. The van der Waals surface area contributed by atoms with Crippen LogP contribution in [0.1, 0.15) is 45.4 Å². The number of hydrogen-bond donors (Lipinski definition) is 1. The minimum absolute atomic E-state index is 0. The molecule has 0 aliphatic rings. The van der Waals surface area contributed by atoms with E-state index in [1.807, 2.05) is 12.1 Å².